The molecule has 22 heteroatoms. The van der Waals surface area contributed by atoms with Gasteiger partial charge in [0, 0.05) is 33.2 Å². The summed E-state index contributed by atoms with van der Waals surface area (Å²) in [5.41, 5.74) is 0. The first kappa shape index (κ1) is 81.7. The zero-order valence-electron chi connectivity index (χ0n) is 54.8. The number of aliphatic hydroxyl groups excluding tert-OH is 2. The van der Waals surface area contributed by atoms with Crippen molar-refractivity contribution < 1.29 is 86.0 Å². The molecule has 8 N–H and O–H groups in total. The van der Waals surface area contributed by atoms with Gasteiger partial charge >= 0.3 is 15.6 Å². The van der Waals surface area contributed by atoms with E-state index < -0.39 is 101 Å². The lowest BCUT2D eigenvalue weighted by molar-refractivity contribution is -0.301. The van der Waals surface area contributed by atoms with E-state index in [-0.39, 0.29) is 39.1 Å². The van der Waals surface area contributed by atoms with E-state index in [1.807, 2.05) is 0 Å². The van der Waals surface area contributed by atoms with Gasteiger partial charge < -0.3 is 68.8 Å². The molecule has 0 spiro atoms. The van der Waals surface area contributed by atoms with E-state index in [0.717, 1.165) is 148 Å². The number of carbonyl (C=O) groups excluding carboxylic acids is 2. The van der Waals surface area contributed by atoms with Crippen LogP contribution in [0.2, 0.25) is 0 Å². The molecule has 87 heavy (non-hydrogen) atoms. The molecule has 0 bridgehead atoms. The zero-order chi connectivity index (χ0) is 63.8. The average molecular weight is 1290 g/mol. The molecule has 0 aromatic rings. The third kappa shape index (κ3) is 41.0. The van der Waals surface area contributed by atoms with E-state index >= 15 is 0 Å². The van der Waals surface area contributed by atoms with Gasteiger partial charge in [0.25, 0.3) is 0 Å². The van der Waals surface area contributed by atoms with Crippen molar-refractivity contribution in [1.82, 2.24) is 10.6 Å². The number of unbranched alkanes of at least 4 members (excludes halogenated alkanes) is 32. The first-order chi connectivity index (χ1) is 42.0. The van der Waals surface area contributed by atoms with E-state index in [1.54, 1.807) is 0 Å². The van der Waals surface area contributed by atoms with Gasteiger partial charge in [-0.05, 0) is 57.8 Å². The van der Waals surface area contributed by atoms with Gasteiger partial charge in [-0.15, -0.1) is 0 Å². The molecular formula is C65H126N2O18P2. The summed E-state index contributed by atoms with van der Waals surface area (Å²) in [7, 11) is -9.23. The average Bonchev–Trinajstić information content (AvgIpc) is 3.67. The largest absolute Gasteiger partial charge is 0.472 e. The fraction of sp³-hybridized carbons (Fsp3) is 0.938. The first-order valence-electron chi connectivity index (χ1n) is 34.7. The highest BCUT2D eigenvalue weighted by Gasteiger charge is 2.53. The summed E-state index contributed by atoms with van der Waals surface area (Å²) < 4.78 is 73.3. The third-order valence-corrected chi connectivity index (χ3v) is 17.6. The Bertz CT molecular complexity index is 1800. The second-order valence-electron chi connectivity index (χ2n) is 24.6. The van der Waals surface area contributed by atoms with E-state index in [2.05, 4.69) is 50.5 Å². The third-order valence-electron chi connectivity index (χ3n) is 16.6. The van der Waals surface area contributed by atoms with Gasteiger partial charge in [-0.1, -0.05) is 232 Å². The van der Waals surface area contributed by atoms with Crippen LogP contribution in [-0.2, 0) is 56.2 Å². The molecule has 2 amide bonds. The number of amides is 2. The van der Waals surface area contributed by atoms with Crippen molar-refractivity contribution >= 4 is 27.5 Å². The number of ether oxygens (including phenoxy) is 6. The number of hydrogen-bond donors (Lipinski definition) is 8. The van der Waals surface area contributed by atoms with Crippen molar-refractivity contribution in [1.29, 1.82) is 0 Å². The molecule has 0 aromatic heterocycles. The van der Waals surface area contributed by atoms with Crippen molar-refractivity contribution in [3.05, 3.63) is 12.2 Å². The van der Waals surface area contributed by atoms with Gasteiger partial charge in [-0.25, -0.2) is 9.13 Å². The Labute approximate surface area is 526 Å². The molecule has 11 unspecified atom stereocenters. The number of rotatable bonds is 58. The molecule has 0 radical (unpaired) electrons. The molecule has 20 nitrogen and oxygen atoms in total. The number of aliphatic hydroxyl groups is 2. The van der Waals surface area contributed by atoms with Crippen LogP contribution >= 0.6 is 15.6 Å². The van der Waals surface area contributed by atoms with Crippen molar-refractivity contribution in [2.24, 2.45) is 0 Å². The molecule has 514 valence electrons. The Balaban J connectivity index is 2.40. The fourth-order valence-electron chi connectivity index (χ4n) is 11.5. The number of nitrogens with one attached hydrogen (secondary N) is 2. The predicted molar refractivity (Wildman–Crippen MR) is 342 cm³/mol. The van der Waals surface area contributed by atoms with Crippen LogP contribution in [0.15, 0.2) is 12.2 Å². The number of phosphoric ester groups is 2. The highest BCUT2D eigenvalue weighted by molar-refractivity contribution is 7.46. The fourth-order valence-corrected chi connectivity index (χ4v) is 12.6. The van der Waals surface area contributed by atoms with Gasteiger partial charge in [0.2, 0.25) is 11.8 Å². The molecule has 2 heterocycles. The van der Waals surface area contributed by atoms with Crippen molar-refractivity contribution in [3.63, 3.8) is 0 Å². The summed E-state index contributed by atoms with van der Waals surface area (Å²) in [6, 6.07) is -2.69. The molecule has 2 rings (SSSR count). The number of methoxy groups -OCH3 is 1. The Kier molecular flexibility index (Phi) is 48.8. The smallest absolute Gasteiger partial charge is 0.393 e. The topological polar surface area (TPSA) is 288 Å². The molecule has 2 aliphatic rings. The molecule has 0 saturated carbocycles. The minimum absolute atomic E-state index is 0.0946. The predicted octanol–water partition coefficient (Wildman–Crippen LogP) is 13.8. The van der Waals surface area contributed by atoms with Gasteiger partial charge in [0.05, 0.1) is 19.3 Å². The summed E-state index contributed by atoms with van der Waals surface area (Å²) in [5, 5.41) is 29.0. The van der Waals surface area contributed by atoms with Gasteiger partial charge in [-0.2, -0.15) is 0 Å². The summed E-state index contributed by atoms with van der Waals surface area (Å²) in [6.07, 6.45) is 31.9. The highest BCUT2D eigenvalue weighted by Crippen LogP contribution is 2.44. The van der Waals surface area contributed by atoms with Crippen molar-refractivity contribution in [2.45, 2.75) is 358 Å². The van der Waals surface area contributed by atoms with E-state index in [4.69, 9.17) is 37.5 Å². The second-order valence-corrected chi connectivity index (χ2v) is 27.0. The van der Waals surface area contributed by atoms with Crippen LogP contribution in [-0.4, -0.2) is 143 Å². The maximum Gasteiger partial charge on any atom is 0.472 e. The standard InChI is InChI=1S/C65H126N2O18P2/c1-6-10-14-18-21-24-26-27-28-29-31-33-35-39-43-47-57(70)67-59-63(80-50-48-53(68)45-41-37-17-13-9-4)61(84-86(72,73)74)55(51-78-5)83-64(59)81-52-54-60(71)62(79-49-44-40-36-23-20-16-12-8-3)58(65(82-54)85-87(75,76)77)66-56(69)46-42-38-34-32-30-25-22-19-15-11-7-2/h24,26,53-55,58-65,68,71H,6-23,25,27-52H2,1-5H3,(H,66,69)(H,67,70)(H2,72,73,74)(H2,75,76,77)/b26-24+. The number of hydrogen-bond acceptors (Lipinski definition) is 14. The SMILES string of the molecule is CCCCCC/C=C/CCCCCCCCCC(=O)NC1C(OCC2OC(OP(=O)(O)O)C(NC(=O)CCCCCCCCCCCCC)C(OCCCCCCCCCC)C2O)OC(COC)C(OP(=O)(O)O)C1OCCC(O)CCCCCCC. The van der Waals surface area contributed by atoms with Gasteiger partial charge in [0.1, 0.15) is 48.7 Å². The van der Waals surface area contributed by atoms with Crippen LogP contribution in [0, 0.1) is 0 Å². The van der Waals surface area contributed by atoms with E-state index in [0.29, 0.717) is 25.7 Å². The lowest BCUT2D eigenvalue weighted by Gasteiger charge is -2.47. The Morgan fingerprint density at radius 2 is 0.862 bits per heavy atom. The lowest BCUT2D eigenvalue weighted by Crippen LogP contribution is -2.67. The normalized spacial score (nSPS) is 23.2. The molecule has 0 aliphatic carbocycles. The van der Waals surface area contributed by atoms with Crippen LogP contribution in [0.3, 0.4) is 0 Å². The number of phosphoric acid groups is 2. The maximum absolute atomic E-state index is 14.1. The first-order valence-corrected chi connectivity index (χ1v) is 37.8. The Hall–Kier alpha value is -1.42. The van der Waals surface area contributed by atoms with E-state index in [9.17, 15) is 48.5 Å². The van der Waals surface area contributed by atoms with Crippen molar-refractivity contribution in [2.75, 3.05) is 33.5 Å². The second kappa shape index (κ2) is 52.0. The lowest BCUT2D eigenvalue weighted by atomic mass is 9.95. The molecular weight excluding hydrogens is 1160 g/mol. The van der Waals surface area contributed by atoms with E-state index in [1.165, 1.54) is 77.7 Å². The van der Waals surface area contributed by atoms with Crippen LogP contribution in [0.1, 0.15) is 291 Å². The zero-order valence-corrected chi connectivity index (χ0v) is 56.6. The Morgan fingerprint density at radius 1 is 0.460 bits per heavy atom. The molecule has 2 fully saturated rings. The summed E-state index contributed by atoms with van der Waals surface area (Å²) in [4.78, 5) is 68.8. The van der Waals surface area contributed by atoms with Crippen molar-refractivity contribution in [3.8, 4) is 0 Å². The maximum atomic E-state index is 14.1. The van der Waals surface area contributed by atoms with Crippen LogP contribution in [0.4, 0.5) is 0 Å². The summed E-state index contributed by atoms with van der Waals surface area (Å²) in [6.45, 7) is 7.91. The molecule has 2 aliphatic heterocycles. The molecule has 11 atom stereocenters. The van der Waals surface area contributed by atoms with Gasteiger partial charge in [0.15, 0.2) is 12.6 Å². The quantitative estimate of drug-likeness (QED) is 0.0160. The highest BCUT2D eigenvalue weighted by atomic mass is 31.2. The number of carbonyl (C=O) groups is 2. The Morgan fingerprint density at radius 3 is 1.33 bits per heavy atom. The van der Waals surface area contributed by atoms with Gasteiger partial charge in [-0.3, -0.25) is 18.6 Å². The minimum atomic E-state index is -5.32. The van der Waals surface area contributed by atoms with Crippen LogP contribution < -0.4 is 10.6 Å². The molecule has 0 aromatic carbocycles. The summed E-state index contributed by atoms with van der Waals surface area (Å²) >= 11 is 0. The summed E-state index contributed by atoms with van der Waals surface area (Å²) in [5.74, 6) is -0.857. The number of allylic oxidation sites excluding steroid dienone is 2. The molecule has 2 saturated heterocycles. The van der Waals surface area contributed by atoms with Crippen LogP contribution in [0.5, 0.6) is 0 Å². The monoisotopic (exact) mass is 1280 g/mol. The van der Waals surface area contributed by atoms with Crippen LogP contribution in [0.25, 0.3) is 0 Å². The minimum Gasteiger partial charge on any atom is -0.393 e.